The molecule has 136 valence electrons. The molecule has 0 saturated heterocycles. The summed E-state index contributed by atoms with van der Waals surface area (Å²) in [6, 6.07) is 29.2. The molecule has 3 heteroatoms. The van der Waals surface area contributed by atoms with Gasteiger partial charge >= 0.3 is 0 Å². The van der Waals surface area contributed by atoms with Crippen LogP contribution in [0.15, 0.2) is 108 Å². The van der Waals surface area contributed by atoms with Crippen LogP contribution in [0.5, 0.6) is 11.5 Å². The van der Waals surface area contributed by atoms with Crippen LogP contribution in [0.1, 0.15) is 19.8 Å². The highest BCUT2D eigenvalue weighted by atomic mass is 16.5. The molecule has 0 heterocycles. The zero-order chi connectivity index (χ0) is 18.7. The number of rotatable bonds is 7. The topological polar surface area (TPSA) is 30.8 Å². The van der Waals surface area contributed by atoms with E-state index in [1.807, 2.05) is 91.0 Å². The van der Waals surface area contributed by atoms with Crippen molar-refractivity contribution in [2.24, 2.45) is 4.99 Å². The van der Waals surface area contributed by atoms with Crippen LogP contribution in [0.3, 0.4) is 0 Å². The Kier molecular flexibility index (Phi) is 6.82. The summed E-state index contributed by atoms with van der Waals surface area (Å²) in [5.74, 6) is 2.07. The molecule has 0 radical (unpaired) electrons. The fourth-order valence-corrected chi connectivity index (χ4v) is 2.50. The maximum absolute atomic E-state index is 6.12. The zero-order valence-corrected chi connectivity index (χ0v) is 15.4. The summed E-state index contributed by atoms with van der Waals surface area (Å²) in [5, 5.41) is 0. The van der Waals surface area contributed by atoms with Gasteiger partial charge in [-0.2, -0.15) is 0 Å². The number of benzene rings is 3. The highest BCUT2D eigenvalue weighted by Gasteiger charge is 2.11. The lowest BCUT2D eigenvalue weighted by atomic mass is 10.1. The molecule has 0 spiro atoms. The molecule has 3 aromatic rings. The van der Waals surface area contributed by atoms with Crippen molar-refractivity contribution in [3.8, 4) is 11.5 Å². The predicted octanol–water partition coefficient (Wildman–Crippen LogP) is 6.56. The Labute approximate surface area is 160 Å². The maximum atomic E-state index is 6.12. The van der Waals surface area contributed by atoms with Gasteiger partial charge in [0.2, 0.25) is 5.90 Å². The lowest BCUT2D eigenvalue weighted by Crippen LogP contribution is -2.13. The van der Waals surface area contributed by atoms with Crippen molar-refractivity contribution < 1.29 is 9.47 Å². The summed E-state index contributed by atoms with van der Waals surface area (Å²) in [6.45, 7) is 2.12. The molecule has 3 nitrogen and oxygen atoms in total. The summed E-state index contributed by atoms with van der Waals surface area (Å²) in [6.07, 6.45) is 3.49. The van der Waals surface area contributed by atoms with Crippen LogP contribution < -0.4 is 9.47 Å². The summed E-state index contributed by atoms with van der Waals surface area (Å²) in [4.78, 5) is 4.73. The van der Waals surface area contributed by atoms with Crippen molar-refractivity contribution in [3.63, 3.8) is 0 Å². The van der Waals surface area contributed by atoms with Gasteiger partial charge in [0.25, 0.3) is 0 Å². The Balaban J connectivity index is 1.93. The van der Waals surface area contributed by atoms with Crippen molar-refractivity contribution in [3.05, 3.63) is 103 Å². The third-order valence-corrected chi connectivity index (χ3v) is 3.82. The molecule has 3 rings (SSSR count). The van der Waals surface area contributed by atoms with E-state index in [-0.39, 0.29) is 0 Å². The first-order valence-electron chi connectivity index (χ1n) is 9.13. The summed E-state index contributed by atoms with van der Waals surface area (Å²) >= 11 is 0. The molecular formula is C24H23NO2. The Hall–Kier alpha value is -3.33. The van der Waals surface area contributed by atoms with Gasteiger partial charge in [-0.25, -0.2) is 4.99 Å². The first-order valence-corrected chi connectivity index (χ1v) is 9.13. The van der Waals surface area contributed by atoms with Gasteiger partial charge in [0.15, 0.2) is 0 Å². The maximum Gasteiger partial charge on any atom is 0.226 e. The van der Waals surface area contributed by atoms with Crippen LogP contribution >= 0.6 is 0 Å². The first-order chi connectivity index (χ1) is 13.3. The van der Waals surface area contributed by atoms with Crippen LogP contribution in [0.2, 0.25) is 0 Å². The second kappa shape index (κ2) is 9.97. The van der Waals surface area contributed by atoms with Crippen molar-refractivity contribution in [2.75, 3.05) is 0 Å². The molecule has 0 saturated carbocycles. The van der Waals surface area contributed by atoms with Crippen molar-refractivity contribution in [1.29, 1.82) is 0 Å². The molecule has 0 fully saturated rings. The van der Waals surface area contributed by atoms with Gasteiger partial charge in [-0.1, -0.05) is 67.9 Å². The Morgan fingerprint density at radius 1 is 0.778 bits per heavy atom. The third-order valence-electron chi connectivity index (χ3n) is 3.82. The lowest BCUT2D eigenvalue weighted by molar-refractivity contribution is 0.470. The molecule has 0 aromatic heterocycles. The number of para-hydroxylation sites is 3. The molecule has 0 aliphatic carbocycles. The highest BCUT2D eigenvalue weighted by Crippen LogP contribution is 2.20. The molecule has 0 amide bonds. The van der Waals surface area contributed by atoms with Gasteiger partial charge < -0.3 is 9.47 Å². The summed E-state index contributed by atoms with van der Waals surface area (Å²) in [7, 11) is 0. The second-order valence-electron chi connectivity index (χ2n) is 5.99. The van der Waals surface area contributed by atoms with Gasteiger partial charge in [0.1, 0.15) is 11.5 Å². The fourth-order valence-electron chi connectivity index (χ4n) is 2.50. The predicted molar refractivity (Wildman–Crippen MR) is 111 cm³/mol. The quantitative estimate of drug-likeness (QED) is 0.272. The molecular weight excluding hydrogens is 334 g/mol. The SMILES string of the molecule is CCCC(=C\Oc1ccccc1)/C(=N/c1ccccc1)Oc1ccccc1. The Morgan fingerprint density at radius 3 is 1.93 bits per heavy atom. The Bertz CT molecular complexity index is 872. The molecule has 0 N–H and O–H groups in total. The minimum absolute atomic E-state index is 0.546. The van der Waals surface area contributed by atoms with Crippen LogP contribution in [-0.4, -0.2) is 5.90 Å². The zero-order valence-electron chi connectivity index (χ0n) is 15.4. The van der Waals surface area contributed by atoms with Gasteiger partial charge in [0.05, 0.1) is 11.9 Å². The number of hydrogen-bond acceptors (Lipinski definition) is 3. The van der Waals surface area contributed by atoms with E-state index in [0.717, 1.165) is 35.6 Å². The van der Waals surface area contributed by atoms with E-state index in [2.05, 4.69) is 6.92 Å². The number of aliphatic imine (C=N–C) groups is 1. The van der Waals surface area contributed by atoms with Gasteiger partial charge in [-0.05, 0) is 42.8 Å². The van der Waals surface area contributed by atoms with Crippen LogP contribution in [-0.2, 0) is 0 Å². The van der Waals surface area contributed by atoms with Crippen molar-refractivity contribution in [2.45, 2.75) is 19.8 Å². The molecule has 0 aliphatic heterocycles. The minimum Gasteiger partial charge on any atom is -0.465 e. The monoisotopic (exact) mass is 357 g/mol. The van der Waals surface area contributed by atoms with Gasteiger partial charge in [0, 0.05) is 5.57 Å². The Morgan fingerprint density at radius 2 is 1.33 bits per heavy atom. The van der Waals surface area contributed by atoms with Crippen LogP contribution in [0.25, 0.3) is 0 Å². The standard InChI is InChI=1S/C24H23NO2/c1-2-12-20(19-26-22-15-8-4-9-16-22)24(25-21-13-6-3-7-14-21)27-23-17-10-5-11-18-23/h3-11,13-19H,2,12H2,1H3/b20-19+,25-24-. The number of hydrogen-bond donors (Lipinski definition) is 0. The molecule has 0 unspecified atom stereocenters. The molecule has 0 aliphatic rings. The second-order valence-corrected chi connectivity index (χ2v) is 5.99. The van der Waals surface area contributed by atoms with Gasteiger partial charge in [-0.15, -0.1) is 0 Å². The van der Waals surface area contributed by atoms with E-state index in [4.69, 9.17) is 14.5 Å². The normalized spacial score (nSPS) is 11.9. The average Bonchev–Trinajstić information content (AvgIpc) is 2.73. The molecule has 0 atom stereocenters. The first kappa shape index (κ1) is 18.5. The largest absolute Gasteiger partial charge is 0.465 e. The number of nitrogens with zero attached hydrogens (tertiary/aromatic N) is 1. The molecule has 3 aromatic carbocycles. The summed E-state index contributed by atoms with van der Waals surface area (Å²) < 4.78 is 12.0. The van der Waals surface area contributed by atoms with Crippen molar-refractivity contribution in [1.82, 2.24) is 0 Å². The fraction of sp³-hybridized carbons (Fsp3) is 0.125. The minimum atomic E-state index is 0.546. The van der Waals surface area contributed by atoms with Crippen LogP contribution in [0.4, 0.5) is 5.69 Å². The van der Waals surface area contributed by atoms with E-state index in [9.17, 15) is 0 Å². The summed E-state index contributed by atoms with van der Waals surface area (Å²) in [5.41, 5.74) is 1.75. The van der Waals surface area contributed by atoms with E-state index < -0.39 is 0 Å². The highest BCUT2D eigenvalue weighted by molar-refractivity contribution is 5.96. The van der Waals surface area contributed by atoms with Crippen molar-refractivity contribution >= 4 is 11.6 Å². The lowest BCUT2D eigenvalue weighted by Gasteiger charge is -2.13. The number of ether oxygens (including phenoxy) is 2. The van der Waals surface area contributed by atoms with Crippen LogP contribution in [0, 0.1) is 0 Å². The van der Waals surface area contributed by atoms with E-state index in [1.54, 1.807) is 6.26 Å². The van der Waals surface area contributed by atoms with E-state index in [1.165, 1.54) is 0 Å². The van der Waals surface area contributed by atoms with E-state index >= 15 is 0 Å². The van der Waals surface area contributed by atoms with E-state index in [0.29, 0.717) is 5.90 Å². The smallest absolute Gasteiger partial charge is 0.226 e. The molecule has 0 bridgehead atoms. The third kappa shape index (κ3) is 5.86. The van der Waals surface area contributed by atoms with Gasteiger partial charge in [-0.3, -0.25) is 0 Å². The average molecular weight is 357 g/mol. The molecule has 27 heavy (non-hydrogen) atoms.